The molecular weight excluding hydrogens is 300 g/mol. The minimum absolute atomic E-state index is 0.164. The monoisotopic (exact) mass is 317 g/mol. The third kappa shape index (κ3) is 3.71. The molecule has 1 aromatic heterocycles. The van der Waals surface area contributed by atoms with Gasteiger partial charge in [0.15, 0.2) is 0 Å². The summed E-state index contributed by atoms with van der Waals surface area (Å²) in [6, 6.07) is 5.74. The maximum Gasteiger partial charge on any atom is 0.234 e. The van der Waals surface area contributed by atoms with E-state index in [1.165, 1.54) is 11.3 Å². The van der Waals surface area contributed by atoms with Gasteiger partial charge in [0.25, 0.3) is 0 Å². The number of carboxylic acid groups (broad SMARTS) is 1. The van der Waals surface area contributed by atoms with Gasteiger partial charge >= 0.3 is 0 Å². The van der Waals surface area contributed by atoms with Gasteiger partial charge < -0.3 is 15.2 Å². The van der Waals surface area contributed by atoms with E-state index in [2.05, 4.69) is 10.3 Å². The van der Waals surface area contributed by atoms with Crippen molar-refractivity contribution < 1.29 is 14.7 Å². The second-order valence-corrected chi connectivity index (χ2v) is 6.07. The van der Waals surface area contributed by atoms with Crippen LogP contribution in [0.5, 0.6) is 0 Å². The van der Waals surface area contributed by atoms with Crippen LogP contribution in [0.25, 0.3) is 0 Å². The second kappa shape index (κ2) is 6.70. The predicted octanol–water partition coefficient (Wildman–Crippen LogP) is 1.79. The van der Waals surface area contributed by atoms with E-state index >= 15 is 0 Å². The van der Waals surface area contributed by atoms with E-state index in [0.717, 1.165) is 16.8 Å². The normalized spacial score (nSPS) is 12.0. The van der Waals surface area contributed by atoms with E-state index < -0.39 is 11.9 Å². The molecule has 0 unspecified atom stereocenters. The van der Waals surface area contributed by atoms with Crippen LogP contribution >= 0.6 is 11.3 Å². The quantitative estimate of drug-likeness (QED) is 0.911. The van der Waals surface area contributed by atoms with Crippen molar-refractivity contribution in [2.45, 2.75) is 33.1 Å². The Morgan fingerprint density at radius 1 is 1.36 bits per heavy atom. The largest absolute Gasteiger partial charge is 0.550 e. The van der Waals surface area contributed by atoms with Crippen LogP contribution < -0.4 is 10.4 Å². The molecule has 1 aromatic carbocycles. The van der Waals surface area contributed by atoms with Gasteiger partial charge in [-0.15, -0.1) is 11.3 Å². The molecule has 1 heterocycles. The molecule has 2 aromatic rings. The van der Waals surface area contributed by atoms with Gasteiger partial charge in [-0.3, -0.25) is 4.79 Å². The fourth-order valence-electron chi connectivity index (χ4n) is 1.99. The van der Waals surface area contributed by atoms with Crippen LogP contribution in [0.4, 0.5) is 5.69 Å². The lowest BCUT2D eigenvalue weighted by Gasteiger charge is -2.13. The zero-order valence-electron chi connectivity index (χ0n) is 12.7. The Kier molecular flexibility index (Phi) is 4.92. The number of anilines is 1. The van der Waals surface area contributed by atoms with Crippen LogP contribution in [0, 0.1) is 13.8 Å². The van der Waals surface area contributed by atoms with Crippen LogP contribution in [0.2, 0.25) is 0 Å². The van der Waals surface area contributed by atoms with E-state index in [1.54, 1.807) is 12.3 Å². The van der Waals surface area contributed by atoms with E-state index in [-0.39, 0.29) is 12.3 Å². The molecule has 116 valence electrons. The summed E-state index contributed by atoms with van der Waals surface area (Å²) in [6.07, 6.45) is -0.234. The van der Waals surface area contributed by atoms with Crippen molar-refractivity contribution in [2.75, 3.05) is 5.32 Å². The lowest BCUT2D eigenvalue weighted by molar-refractivity contribution is -0.304. The zero-order valence-corrected chi connectivity index (χ0v) is 13.5. The summed E-state index contributed by atoms with van der Waals surface area (Å²) in [7, 11) is 0. The van der Waals surface area contributed by atoms with Crippen molar-refractivity contribution in [3.8, 4) is 0 Å². The first-order chi connectivity index (χ1) is 10.4. The van der Waals surface area contributed by atoms with Gasteiger partial charge in [0.05, 0.1) is 11.6 Å². The van der Waals surface area contributed by atoms with Gasteiger partial charge in [0.2, 0.25) is 5.91 Å². The molecule has 0 aliphatic carbocycles. The Bertz CT molecular complexity index is 709. The third-order valence-corrected chi connectivity index (χ3v) is 4.60. The van der Waals surface area contributed by atoms with Gasteiger partial charge in [-0.25, -0.2) is 4.98 Å². The highest BCUT2D eigenvalue weighted by Gasteiger charge is 2.19. The van der Waals surface area contributed by atoms with Crippen molar-refractivity contribution in [1.29, 1.82) is 0 Å². The number of thiazole rings is 1. The van der Waals surface area contributed by atoms with Crippen molar-refractivity contribution in [2.24, 2.45) is 0 Å². The highest BCUT2D eigenvalue weighted by molar-refractivity contribution is 7.09. The molecule has 0 radical (unpaired) electrons. The second-order valence-electron chi connectivity index (χ2n) is 5.18. The van der Waals surface area contributed by atoms with Gasteiger partial charge in [0.1, 0.15) is 5.01 Å². The lowest BCUT2D eigenvalue weighted by atomic mass is 10.1. The molecule has 1 amide bonds. The summed E-state index contributed by atoms with van der Waals surface area (Å²) in [5, 5.41) is 15.7. The Morgan fingerprint density at radius 2 is 2.09 bits per heavy atom. The highest BCUT2D eigenvalue weighted by Crippen LogP contribution is 2.24. The minimum atomic E-state index is -1.18. The number of nitrogens with one attached hydrogen (secondary N) is 1. The van der Waals surface area contributed by atoms with E-state index in [9.17, 15) is 14.7 Å². The van der Waals surface area contributed by atoms with Crippen LogP contribution in [0.3, 0.4) is 0 Å². The number of carbonyl (C=O) groups excluding carboxylic acids is 2. The summed E-state index contributed by atoms with van der Waals surface area (Å²) in [6.45, 7) is 5.69. The number of carbonyl (C=O) groups is 2. The summed E-state index contributed by atoms with van der Waals surface area (Å²) in [5.41, 5.74) is 3.34. The maximum atomic E-state index is 12.3. The molecule has 5 nitrogen and oxygen atoms in total. The predicted molar refractivity (Wildman–Crippen MR) is 83.8 cm³/mol. The molecular formula is C16H17N2O3S-. The van der Waals surface area contributed by atoms with Gasteiger partial charge in [0, 0.05) is 23.5 Å². The van der Waals surface area contributed by atoms with Gasteiger partial charge in [-0.05, 0) is 38.0 Å². The number of hydrogen-bond donors (Lipinski definition) is 1. The van der Waals surface area contributed by atoms with E-state index in [0.29, 0.717) is 10.7 Å². The Hall–Kier alpha value is -2.21. The number of carboxylic acids is 1. The van der Waals surface area contributed by atoms with Crippen molar-refractivity contribution in [1.82, 2.24) is 4.98 Å². The standard InChI is InChI=1S/C16H18N2O3S/c1-9-5-4-6-13(10(9)2)18-15(21)11(3)16-17-12(8-22-16)7-14(19)20/h4-6,8,11H,7H2,1-3H3,(H,18,21)(H,19,20)/p-1/t11-/m1/s1. The molecule has 0 fully saturated rings. The van der Waals surface area contributed by atoms with E-state index in [1.807, 2.05) is 32.0 Å². The van der Waals surface area contributed by atoms with Crippen molar-refractivity contribution in [3.05, 3.63) is 45.4 Å². The zero-order chi connectivity index (χ0) is 16.3. The number of aromatic nitrogens is 1. The molecule has 1 atom stereocenters. The maximum absolute atomic E-state index is 12.3. The number of rotatable bonds is 5. The van der Waals surface area contributed by atoms with Gasteiger partial charge in [-0.1, -0.05) is 12.1 Å². The molecule has 0 bridgehead atoms. The first-order valence-corrected chi connectivity index (χ1v) is 7.77. The summed E-state index contributed by atoms with van der Waals surface area (Å²) < 4.78 is 0. The molecule has 0 saturated carbocycles. The van der Waals surface area contributed by atoms with Crippen LogP contribution in [0.15, 0.2) is 23.6 Å². The summed E-state index contributed by atoms with van der Waals surface area (Å²) in [4.78, 5) is 27.1. The number of aryl methyl sites for hydroxylation is 1. The first kappa shape index (κ1) is 16.2. The fourth-order valence-corrected chi connectivity index (χ4v) is 2.86. The summed E-state index contributed by atoms with van der Waals surface area (Å²) in [5.74, 6) is -1.78. The minimum Gasteiger partial charge on any atom is -0.550 e. The molecule has 0 aliphatic heterocycles. The number of nitrogens with zero attached hydrogens (tertiary/aromatic N) is 1. The van der Waals surface area contributed by atoms with Crippen LogP contribution in [-0.4, -0.2) is 16.9 Å². The number of hydrogen-bond acceptors (Lipinski definition) is 5. The van der Waals surface area contributed by atoms with Gasteiger partial charge in [-0.2, -0.15) is 0 Å². The van der Waals surface area contributed by atoms with Crippen molar-refractivity contribution >= 4 is 28.9 Å². The van der Waals surface area contributed by atoms with Crippen LogP contribution in [-0.2, 0) is 16.0 Å². The first-order valence-electron chi connectivity index (χ1n) is 6.89. The number of benzene rings is 1. The van der Waals surface area contributed by atoms with Crippen LogP contribution in [0.1, 0.15) is 34.7 Å². The molecule has 22 heavy (non-hydrogen) atoms. The molecule has 0 spiro atoms. The lowest BCUT2D eigenvalue weighted by Crippen LogP contribution is -2.24. The molecule has 2 rings (SSSR count). The summed E-state index contributed by atoms with van der Waals surface area (Å²) >= 11 is 1.28. The SMILES string of the molecule is Cc1cccc(NC(=O)[C@@H](C)c2nc(CC(=O)[O-])cs2)c1C. The molecule has 0 aliphatic rings. The smallest absolute Gasteiger partial charge is 0.234 e. The fraction of sp³-hybridized carbons (Fsp3) is 0.312. The molecule has 1 N–H and O–H groups in total. The number of amides is 1. The van der Waals surface area contributed by atoms with E-state index in [4.69, 9.17) is 0 Å². The topological polar surface area (TPSA) is 82.1 Å². The molecule has 6 heteroatoms. The van der Waals surface area contributed by atoms with Crippen molar-refractivity contribution in [3.63, 3.8) is 0 Å². The number of aliphatic carboxylic acids is 1. The molecule has 0 saturated heterocycles. The Morgan fingerprint density at radius 3 is 2.77 bits per heavy atom. The highest BCUT2D eigenvalue weighted by atomic mass is 32.1. The third-order valence-electron chi connectivity index (χ3n) is 3.52. The Balaban J connectivity index is 2.10. The average Bonchev–Trinajstić information content (AvgIpc) is 2.90. The Labute approximate surface area is 133 Å². The average molecular weight is 317 g/mol.